The van der Waals surface area contributed by atoms with Gasteiger partial charge in [0.05, 0.1) is 22.4 Å². The molecule has 0 fully saturated rings. The molecule has 0 amide bonds. The second kappa shape index (κ2) is 15.5. The molecule has 2 heteroatoms. The van der Waals surface area contributed by atoms with E-state index in [9.17, 15) is 0 Å². The van der Waals surface area contributed by atoms with E-state index in [1.807, 2.05) is 0 Å². The van der Waals surface area contributed by atoms with Crippen LogP contribution in [-0.4, -0.2) is 9.97 Å². The van der Waals surface area contributed by atoms with Crippen molar-refractivity contribution < 1.29 is 0 Å². The molecular formula is C64H40N2. The van der Waals surface area contributed by atoms with Gasteiger partial charge in [-0.15, -0.1) is 0 Å². The van der Waals surface area contributed by atoms with Gasteiger partial charge in [0.2, 0.25) is 0 Å². The van der Waals surface area contributed by atoms with Crippen molar-refractivity contribution in [2.75, 3.05) is 0 Å². The fraction of sp³-hybridized carbons (Fsp3) is 0. The first-order chi connectivity index (χ1) is 32.7. The molecule has 0 radical (unpaired) electrons. The van der Waals surface area contributed by atoms with Crippen LogP contribution in [0.25, 0.3) is 132 Å². The fourth-order valence-electron chi connectivity index (χ4n) is 10.0. The molecule has 2 aromatic heterocycles. The number of rotatable bonds is 6. The Kier molecular flexibility index (Phi) is 8.89. The lowest BCUT2D eigenvalue weighted by molar-refractivity contribution is 1.41. The zero-order chi connectivity index (χ0) is 43.6. The third-order valence-corrected chi connectivity index (χ3v) is 13.4. The zero-order valence-corrected chi connectivity index (χ0v) is 36.0. The highest BCUT2D eigenvalue weighted by Crippen LogP contribution is 2.38. The average molecular weight is 837 g/mol. The van der Waals surface area contributed by atoms with Crippen molar-refractivity contribution in [1.82, 2.24) is 9.97 Å². The van der Waals surface area contributed by atoms with Crippen LogP contribution in [0, 0.1) is 0 Å². The molecule has 0 unspecified atom stereocenters. The SMILES string of the molecule is c1cc(-c2cccc(-c3ccc4ccc5ccc(-c6cccc7ccccc67)cc5c4n3)c2)cc(-c2cccc(-c3ccc4ccc5ccc(-c6cccc7ccccc67)cc5c4n3)c2)c1. The second-order valence-electron chi connectivity index (χ2n) is 17.3. The number of fused-ring (bicyclic) bond motifs is 8. The van der Waals surface area contributed by atoms with Gasteiger partial charge in [0, 0.05) is 32.7 Å². The minimum atomic E-state index is 0.955. The van der Waals surface area contributed by atoms with Gasteiger partial charge in [-0.05, 0) is 119 Å². The largest absolute Gasteiger partial charge is 0.247 e. The molecule has 13 aromatic rings. The molecule has 0 N–H and O–H groups in total. The molecule has 0 aliphatic heterocycles. The van der Waals surface area contributed by atoms with Crippen LogP contribution in [0.3, 0.4) is 0 Å². The number of benzene rings is 11. The molecule has 2 heterocycles. The van der Waals surface area contributed by atoms with Gasteiger partial charge in [0.25, 0.3) is 0 Å². The van der Waals surface area contributed by atoms with E-state index in [1.165, 1.54) is 54.6 Å². The molecule has 11 aromatic carbocycles. The summed E-state index contributed by atoms with van der Waals surface area (Å²) < 4.78 is 0. The van der Waals surface area contributed by atoms with E-state index in [0.29, 0.717) is 0 Å². The third-order valence-electron chi connectivity index (χ3n) is 13.4. The van der Waals surface area contributed by atoms with E-state index in [2.05, 4.69) is 243 Å². The Labute approximate surface area is 382 Å². The molecular weight excluding hydrogens is 797 g/mol. The van der Waals surface area contributed by atoms with Crippen molar-refractivity contribution in [2.24, 2.45) is 0 Å². The summed E-state index contributed by atoms with van der Waals surface area (Å²) in [5, 5.41) is 11.9. The van der Waals surface area contributed by atoms with Crippen molar-refractivity contribution in [2.45, 2.75) is 0 Å². The van der Waals surface area contributed by atoms with Crippen molar-refractivity contribution >= 4 is 64.9 Å². The first-order valence-corrected chi connectivity index (χ1v) is 22.6. The lowest BCUT2D eigenvalue weighted by Crippen LogP contribution is -1.90. The van der Waals surface area contributed by atoms with Crippen LogP contribution < -0.4 is 0 Å². The predicted octanol–water partition coefficient (Wildman–Crippen LogP) is 17.4. The lowest BCUT2D eigenvalue weighted by atomic mass is 9.94. The van der Waals surface area contributed by atoms with Crippen molar-refractivity contribution in [1.29, 1.82) is 0 Å². The van der Waals surface area contributed by atoms with Gasteiger partial charge in [-0.3, -0.25) is 0 Å². The van der Waals surface area contributed by atoms with E-state index >= 15 is 0 Å². The number of pyridine rings is 2. The molecule has 306 valence electrons. The Morgan fingerprint density at radius 3 is 1.00 bits per heavy atom. The summed E-state index contributed by atoms with van der Waals surface area (Å²) in [4.78, 5) is 10.7. The summed E-state index contributed by atoms with van der Waals surface area (Å²) in [7, 11) is 0. The molecule has 0 bridgehead atoms. The third kappa shape index (κ3) is 6.58. The topological polar surface area (TPSA) is 25.8 Å². The van der Waals surface area contributed by atoms with Crippen LogP contribution in [0.5, 0.6) is 0 Å². The Morgan fingerprint density at radius 1 is 0.197 bits per heavy atom. The van der Waals surface area contributed by atoms with Crippen LogP contribution in [0.15, 0.2) is 243 Å². The van der Waals surface area contributed by atoms with Crippen LogP contribution in [-0.2, 0) is 0 Å². The van der Waals surface area contributed by atoms with Gasteiger partial charge in [-0.25, -0.2) is 9.97 Å². The van der Waals surface area contributed by atoms with Crippen molar-refractivity contribution in [3.63, 3.8) is 0 Å². The molecule has 0 aliphatic carbocycles. The Morgan fingerprint density at radius 2 is 0.530 bits per heavy atom. The monoisotopic (exact) mass is 836 g/mol. The van der Waals surface area contributed by atoms with Crippen LogP contribution in [0.2, 0.25) is 0 Å². The second-order valence-corrected chi connectivity index (χ2v) is 17.3. The van der Waals surface area contributed by atoms with E-state index in [1.54, 1.807) is 0 Å². The number of nitrogens with zero attached hydrogens (tertiary/aromatic N) is 2. The number of hydrogen-bond donors (Lipinski definition) is 0. The minimum absolute atomic E-state index is 0.955. The number of hydrogen-bond acceptors (Lipinski definition) is 2. The fourth-order valence-corrected chi connectivity index (χ4v) is 10.0. The molecule has 0 atom stereocenters. The highest BCUT2D eigenvalue weighted by atomic mass is 14.7. The maximum Gasteiger partial charge on any atom is 0.0788 e. The first-order valence-electron chi connectivity index (χ1n) is 22.6. The van der Waals surface area contributed by atoms with Gasteiger partial charge < -0.3 is 0 Å². The lowest BCUT2D eigenvalue weighted by Gasteiger charge is -2.12. The number of aromatic nitrogens is 2. The Balaban J connectivity index is 0.833. The van der Waals surface area contributed by atoms with Gasteiger partial charge in [0.1, 0.15) is 0 Å². The maximum absolute atomic E-state index is 5.37. The summed E-state index contributed by atoms with van der Waals surface area (Å²) in [6.45, 7) is 0. The standard InChI is InChI=1S/C64H40N2/c1-3-20-55-41(10-1)12-8-22-57(55)51-30-26-43-24-28-45-32-34-61(65-63(45)59(43)39-51)53-18-6-16-49(37-53)47-14-5-15-48(36-47)50-17-7-19-54(38-50)62-35-33-46-29-25-44-27-31-52(40-60(44)64(46)66-62)58-23-9-13-42-11-2-4-21-56(42)58/h1-40H. The van der Waals surface area contributed by atoms with Gasteiger partial charge >= 0.3 is 0 Å². The smallest absolute Gasteiger partial charge is 0.0788 e. The first kappa shape index (κ1) is 37.8. The summed E-state index contributed by atoms with van der Waals surface area (Å²) in [6.07, 6.45) is 0. The van der Waals surface area contributed by atoms with E-state index in [4.69, 9.17) is 9.97 Å². The molecule has 66 heavy (non-hydrogen) atoms. The predicted molar refractivity (Wildman–Crippen MR) is 280 cm³/mol. The normalized spacial score (nSPS) is 11.6. The summed E-state index contributed by atoms with van der Waals surface area (Å²) in [5.41, 5.74) is 15.6. The van der Waals surface area contributed by atoms with E-state index in [-0.39, 0.29) is 0 Å². The summed E-state index contributed by atoms with van der Waals surface area (Å²) in [5.74, 6) is 0. The maximum atomic E-state index is 5.37. The molecule has 0 saturated heterocycles. The molecule has 0 aliphatic rings. The van der Waals surface area contributed by atoms with Gasteiger partial charge in [-0.2, -0.15) is 0 Å². The summed E-state index contributed by atoms with van der Waals surface area (Å²) in [6, 6.07) is 87.8. The highest BCUT2D eigenvalue weighted by Gasteiger charge is 2.13. The van der Waals surface area contributed by atoms with Crippen LogP contribution in [0.1, 0.15) is 0 Å². The van der Waals surface area contributed by atoms with E-state index < -0.39 is 0 Å². The quantitative estimate of drug-likeness (QED) is 0.156. The average Bonchev–Trinajstić information content (AvgIpc) is 3.40. The summed E-state index contributed by atoms with van der Waals surface area (Å²) >= 11 is 0. The Bertz CT molecular complexity index is 3800. The van der Waals surface area contributed by atoms with Gasteiger partial charge in [0.15, 0.2) is 0 Å². The van der Waals surface area contributed by atoms with Crippen molar-refractivity contribution in [3.05, 3.63) is 243 Å². The molecule has 0 spiro atoms. The van der Waals surface area contributed by atoms with Crippen LogP contribution >= 0.6 is 0 Å². The molecule has 2 nitrogen and oxygen atoms in total. The zero-order valence-electron chi connectivity index (χ0n) is 36.0. The highest BCUT2D eigenvalue weighted by molar-refractivity contribution is 6.10. The molecule has 0 saturated carbocycles. The molecule has 13 rings (SSSR count). The van der Waals surface area contributed by atoms with Crippen molar-refractivity contribution in [3.8, 4) is 67.0 Å². The Hall–Kier alpha value is -8.72. The van der Waals surface area contributed by atoms with Gasteiger partial charge in [-0.1, -0.05) is 200 Å². The van der Waals surface area contributed by atoms with Crippen LogP contribution in [0.4, 0.5) is 0 Å². The minimum Gasteiger partial charge on any atom is -0.247 e. The van der Waals surface area contributed by atoms with E-state index in [0.717, 1.165) is 77.3 Å².